The highest BCUT2D eigenvalue weighted by atomic mass is 16.7. The number of carbonyl (C=O) groups excluding carboxylic acids is 1. The Morgan fingerprint density at radius 3 is 2.04 bits per heavy atom. The highest BCUT2D eigenvalue weighted by Gasteiger charge is 2.13. The number of ether oxygens (including phenoxy) is 2. The maximum atomic E-state index is 11.8. The van der Waals surface area contributed by atoms with Crippen LogP contribution >= 0.6 is 0 Å². The monoisotopic (exact) mass is 362 g/mol. The van der Waals surface area contributed by atoms with E-state index in [4.69, 9.17) is 9.47 Å². The molecule has 0 bridgehead atoms. The van der Waals surface area contributed by atoms with Gasteiger partial charge in [-0.1, -0.05) is 77.3 Å². The molecule has 3 nitrogen and oxygen atoms in total. The second-order valence-electron chi connectivity index (χ2n) is 7.01. The Morgan fingerprint density at radius 1 is 0.808 bits per heavy atom. The van der Waals surface area contributed by atoms with Crippen molar-refractivity contribution in [3.63, 3.8) is 0 Å². The summed E-state index contributed by atoms with van der Waals surface area (Å²) in [5, 5.41) is 0. The standard InChI is InChI=1S/C23H38O3/c1-4-7-9-11-13-16-20-17-15-19-22(26-23(24)25-6-3)21(20)18-14-12-10-8-5-2/h15,17,19H,4-14,16,18H2,1-3H3. The molecule has 0 saturated carbocycles. The second kappa shape index (κ2) is 14.6. The summed E-state index contributed by atoms with van der Waals surface area (Å²) >= 11 is 0. The summed E-state index contributed by atoms with van der Waals surface area (Å²) in [4.78, 5) is 11.8. The van der Waals surface area contributed by atoms with Gasteiger partial charge in [0.15, 0.2) is 0 Å². The first kappa shape index (κ1) is 22.5. The van der Waals surface area contributed by atoms with Crippen molar-refractivity contribution in [3.05, 3.63) is 29.3 Å². The van der Waals surface area contributed by atoms with E-state index in [0.29, 0.717) is 12.4 Å². The third-order valence-electron chi connectivity index (χ3n) is 4.77. The molecular weight excluding hydrogens is 324 g/mol. The molecule has 26 heavy (non-hydrogen) atoms. The molecule has 0 radical (unpaired) electrons. The molecule has 3 heteroatoms. The summed E-state index contributed by atoms with van der Waals surface area (Å²) in [5.41, 5.74) is 2.53. The molecule has 0 atom stereocenters. The first-order valence-corrected chi connectivity index (χ1v) is 10.7. The van der Waals surface area contributed by atoms with Crippen LogP contribution in [0.15, 0.2) is 18.2 Å². The van der Waals surface area contributed by atoms with E-state index in [2.05, 4.69) is 19.9 Å². The lowest BCUT2D eigenvalue weighted by Crippen LogP contribution is -2.12. The Balaban J connectivity index is 2.73. The van der Waals surface area contributed by atoms with Gasteiger partial charge in [-0.15, -0.1) is 0 Å². The predicted molar refractivity (Wildman–Crippen MR) is 109 cm³/mol. The highest BCUT2D eigenvalue weighted by Crippen LogP contribution is 2.27. The summed E-state index contributed by atoms with van der Waals surface area (Å²) < 4.78 is 10.5. The van der Waals surface area contributed by atoms with Gasteiger partial charge in [-0.3, -0.25) is 0 Å². The van der Waals surface area contributed by atoms with Crippen LogP contribution < -0.4 is 4.74 Å². The minimum absolute atomic E-state index is 0.336. The fourth-order valence-corrected chi connectivity index (χ4v) is 3.29. The summed E-state index contributed by atoms with van der Waals surface area (Å²) in [6.07, 6.45) is 14.0. The minimum Gasteiger partial charge on any atom is -0.434 e. The zero-order chi connectivity index (χ0) is 19.0. The van der Waals surface area contributed by atoms with Crippen molar-refractivity contribution in [2.75, 3.05) is 6.61 Å². The van der Waals surface area contributed by atoms with Crippen LogP contribution in [0.3, 0.4) is 0 Å². The van der Waals surface area contributed by atoms with Gasteiger partial charge in [-0.2, -0.15) is 0 Å². The Hall–Kier alpha value is -1.51. The first-order chi connectivity index (χ1) is 12.7. The highest BCUT2D eigenvalue weighted by molar-refractivity contribution is 5.64. The van der Waals surface area contributed by atoms with E-state index in [0.717, 1.165) is 19.3 Å². The lowest BCUT2D eigenvalue weighted by molar-refractivity contribution is 0.104. The molecule has 0 fully saturated rings. The van der Waals surface area contributed by atoms with E-state index in [9.17, 15) is 4.79 Å². The Morgan fingerprint density at radius 2 is 1.42 bits per heavy atom. The van der Waals surface area contributed by atoms with Gasteiger partial charge in [0.1, 0.15) is 5.75 Å². The fraction of sp³-hybridized carbons (Fsp3) is 0.696. The van der Waals surface area contributed by atoms with E-state index in [1.807, 2.05) is 12.1 Å². The van der Waals surface area contributed by atoms with E-state index in [1.165, 1.54) is 68.9 Å². The van der Waals surface area contributed by atoms with Gasteiger partial charge >= 0.3 is 6.16 Å². The summed E-state index contributed by atoms with van der Waals surface area (Å²) in [6, 6.07) is 6.09. The van der Waals surface area contributed by atoms with Crippen LogP contribution in [0, 0.1) is 0 Å². The molecule has 1 aromatic rings. The molecule has 0 aliphatic rings. The van der Waals surface area contributed by atoms with Crippen molar-refractivity contribution >= 4 is 6.16 Å². The van der Waals surface area contributed by atoms with Crippen molar-refractivity contribution in [2.24, 2.45) is 0 Å². The second-order valence-corrected chi connectivity index (χ2v) is 7.01. The number of carbonyl (C=O) groups is 1. The average Bonchev–Trinajstić information content (AvgIpc) is 2.63. The molecule has 1 rings (SSSR count). The van der Waals surface area contributed by atoms with E-state index < -0.39 is 6.16 Å². The maximum absolute atomic E-state index is 11.8. The smallest absolute Gasteiger partial charge is 0.434 e. The SMILES string of the molecule is CCCCCCCc1cccc(OC(=O)OCC)c1CCCCCCC. The Kier molecular flexibility index (Phi) is 12.7. The number of rotatable bonds is 14. The predicted octanol–water partition coefficient (Wildman–Crippen LogP) is 7.25. The third-order valence-corrected chi connectivity index (χ3v) is 4.77. The van der Waals surface area contributed by atoms with Crippen LogP contribution in [0.1, 0.15) is 96.1 Å². The largest absolute Gasteiger partial charge is 0.513 e. The van der Waals surface area contributed by atoms with Crippen LogP contribution in [-0.2, 0) is 17.6 Å². The number of unbranched alkanes of at least 4 members (excludes halogenated alkanes) is 8. The van der Waals surface area contributed by atoms with Gasteiger partial charge in [-0.25, -0.2) is 4.79 Å². The van der Waals surface area contributed by atoms with Gasteiger partial charge < -0.3 is 9.47 Å². The van der Waals surface area contributed by atoms with Gasteiger partial charge in [0.05, 0.1) is 6.61 Å². The fourth-order valence-electron chi connectivity index (χ4n) is 3.29. The van der Waals surface area contributed by atoms with Crippen LogP contribution in [-0.4, -0.2) is 12.8 Å². The molecule has 0 unspecified atom stereocenters. The summed E-state index contributed by atoms with van der Waals surface area (Å²) in [5.74, 6) is 0.685. The Bertz CT molecular complexity index is 496. The van der Waals surface area contributed by atoms with Gasteiger partial charge in [-0.05, 0) is 49.8 Å². The lowest BCUT2D eigenvalue weighted by atomic mass is 9.95. The van der Waals surface area contributed by atoms with Crippen molar-refractivity contribution in [3.8, 4) is 5.75 Å². The number of aryl methyl sites for hydroxylation is 1. The molecule has 0 saturated heterocycles. The molecular formula is C23H38O3. The maximum Gasteiger partial charge on any atom is 0.513 e. The third kappa shape index (κ3) is 9.26. The molecule has 0 aliphatic carbocycles. The molecule has 0 heterocycles. The minimum atomic E-state index is -0.597. The van der Waals surface area contributed by atoms with Crippen LogP contribution in [0.5, 0.6) is 5.75 Å². The number of hydrogen-bond acceptors (Lipinski definition) is 3. The van der Waals surface area contributed by atoms with Crippen LogP contribution in [0.25, 0.3) is 0 Å². The molecule has 0 aromatic heterocycles. The van der Waals surface area contributed by atoms with E-state index in [-0.39, 0.29) is 0 Å². The summed E-state index contributed by atoms with van der Waals surface area (Å²) in [7, 11) is 0. The molecule has 0 amide bonds. The molecule has 148 valence electrons. The Labute approximate surface area is 160 Å². The van der Waals surface area contributed by atoms with Crippen molar-refractivity contribution in [1.82, 2.24) is 0 Å². The van der Waals surface area contributed by atoms with Crippen molar-refractivity contribution < 1.29 is 14.3 Å². The zero-order valence-corrected chi connectivity index (χ0v) is 17.1. The topological polar surface area (TPSA) is 35.5 Å². The molecule has 1 aromatic carbocycles. The number of benzene rings is 1. The number of hydrogen-bond donors (Lipinski definition) is 0. The van der Waals surface area contributed by atoms with Gasteiger partial charge in [0, 0.05) is 0 Å². The normalized spacial score (nSPS) is 10.7. The van der Waals surface area contributed by atoms with Gasteiger partial charge in [0.2, 0.25) is 0 Å². The van der Waals surface area contributed by atoms with Crippen LogP contribution in [0.4, 0.5) is 4.79 Å². The van der Waals surface area contributed by atoms with E-state index in [1.54, 1.807) is 6.92 Å². The average molecular weight is 363 g/mol. The molecule has 0 aliphatic heterocycles. The molecule has 0 spiro atoms. The van der Waals surface area contributed by atoms with Crippen LogP contribution in [0.2, 0.25) is 0 Å². The lowest BCUT2D eigenvalue weighted by Gasteiger charge is -2.15. The van der Waals surface area contributed by atoms with Gasteiger partial charge in [0.25, 0.3) is 0 Å². The first-order valence-electron chi connectivity index (χ1n) is 10.7. The van der Waals surface area contributed by atoms with Crippen molar-refractivity contribution in [2.45, 2.75) is 97.8 Å². The zero-order valence-electron chi connectivity index (χ0n) is 17.1. The molecule has 0 N–H and O–H groups in total. The summed E-state index contributed by atoms with van der Waals surface area (Å²) in [6.45, 7) is 6.61. The van der Waals surface area contributed by atoms with E-state index >= 15 is 0 Å². The quantitative estimate of drug-likeness (QED) is 0.199. The van der Waals surface area contributed by atoms with Crippen molar-refractivity contribution in [1.29, 1.82) is 0 Å².